The number of halogens is 4. The number of guanidine groups is 1. The van der Waals surface area contributed by atoms with E-state index in [9.17, 15) is 26.4 Å². The van der Waals surface area contributed by atoms with Gasteiger partial charge in [0.05, 0.1) is 16.8 Å². The van der Waals surface area contributed by atoms with E-state index in [4.69, 9.17) is 11.6 Å². The highest BCUT2D eigenvalue weighted by Crippen LogP contribution is 2.41. The Morgan fingerprint density at radius 1 is 1.41 bits per heavy atom. The number of sulfonamides is 1. The van der Waals surface area contributed by atoms with Gasteiger partial charge in [0.25, 0.3) is 5.91 Å². The minimum Gasteiger partial charge on any atom is -0.403 e. The Kier molecular flexibility index (Phi) is 5.63. The summed E-state index contributed by atoms with van der Waals surface area (Å²) in [6.45, 7) is 0. The number of carbonyl (C=O) groups is 1. The molecule has 27 heavy (non-hydrogen) atoms. The molecular weight excluding hydrogens is 417 g/mol. The van der Waals surface area contributed by atoms with Crippen molar-refractivity contribution >= 4 is 39.2 Å². The van der Waals surface area contributed by atoms with Crippen molar-refractivity contribution in [2.75, 3.05) is 24.7 Å². The normalized spacial score (nSPS) is 14.5. The SMILES string of the molecule is CN1NNN=C1NC(=O)c1ccc(OC(F)(F)F)c(N(C)S(C)(=O)=O)c1Cl. The van der Waals surface area contributed by atoms with Crippen molar-refractivity contribution in [3.63, 3.8) is 0 Å². The number of benzene rings is 1. The minimum atomic E-state index is -5.10. The summed E-state index contributed by atoms with van der Waals surface area (Å²) < 4.78 is 65.8. The van der Waals surface area contributed by atoms with E-state index in [0.29, 0.717) is 4.31 Å². The van der Waals surface area contributed by atoms with E-state index in [-0.39, 0.29) is 11.5 Å². The smallest absolute Gasteiger partial charge is 0.403 e. The van der Waals surface area contributed by atoms with Crippen LogP contribution in [0.4, 0.5) is 18.9 Å². The highest BCUT2D eigenvalue weighted by molar-refractivity contribution is 7.92. The van der Waals surface area contributed by atoms with Gasteiger partial charge in [0.2, 0.25) is 16.0 Å². The molecule has 2 rings (SSSR count). The average Bonchev–Trinajstić information content (AvgIpc) is 2.89. The van der Waals surface area contributed by atoms with Crippen molar-refractivity contribution in [2.45, 2.75) is 6.36 Å². The number of hydrazine groups is 2. The topological polar surface area (TPSA) is 115 Å². The first-order chi connectivity index (χ1) is 12.3. The van der Waals surface area contributed by atoms with E-state index < -0.39 is 38.8 Å². The van der Waals surface area contributed by atoms with Crippen molar-refractivity contribution in [2.24, 2.45) is 5.10 Å². The lowest BCUT2D eigenvalue weighted by Gasteiger charge is -2.23. The van der Waals surface area contributed by atoms with Gasteiger partial charge in [0.1, 0.15) is 5.69 Å². The molecule has 0 aliphatic carbocycles. The van der Waals surface area contributed by atoms with E-state index in [1.54, 1.807) is 0 Å². The minimum absolute atomic E-state index is 0.0460. The van der Waals surface area contributed by atoms with Crippen LogP contribution < -0.4 is 25.4 Å². The zero-order valence-electron chi connectivity index (χ0n) is 14.0. The van der Waals surface area contributed by atoms with Gasteiger partial charge in [-0.3, -0.25) is 19.4 Å². The summed E-state index contributed by atoms with van der Waals surface area (Å²) in [5.74, 6) is -1.67. The number of hydrogen-bond acceptors (Lipinski definition) is 8. The number of ether oxygens (including phenoxy) is 1. The maximum atomic E-state index is 12.6. The largest absolute Gasteiger partial charge is 0.573 e. The zero-order valence-corrected chi connectivity index (χ0v) is 15.6. The van der Waals surface area contributed by atoms with Crippen LogP contribution >= 0.6 is 11.6 Å². The number of nitrogens with one attached hydrogen (secondary N) is 3. The van der Waals surface area contributed by atoms with Gasteiger partial charge in [-0.2, -0.15) is 0 Å². The Bertz CT molecular complexity index is 892. The summed E-state index contributed by atoms with van der Waals surface area (Å²) in [6, 6.07) is 1.76. The molecule has 0 unspecified atom stereocenters. The maximum Gasteiger partial charge on any atom is 0.573 e. The molecule has 0 bridgehead atoms. The summed E-state index contributed by atoms with van der Waals surface area (Å²) >= 11 is 6.06. The molecule has 0 atom stereocenters. The fourth-order valence-electron chi connectivity index (χ4n) is 1.95. The van der Waals surface area contributed by atoms with Crippen LogP contribution in [0.15, 0.2) is 17.2 Å². The molecule has 1 aliphatic rings. The Morgan fingerprint density at radius 3 is 2.52 bits per heavy atom. The van der Waals surface area contributed by atoms with Gasteiger partial charge in [0.15, 0.2) is 5.75 Å². The standard InChI is InChI=1S/C12H14ClF3N6O4S/c1-21-11(18-19-20-21)17-10(23)6-4-5-7(26-12(14,15)16)9(8(6)13)22(2)27(3,24)25/h4-5,19-20H,1-3H3,(H,17,18,23). The molecule has 1 heterocycles. The van der Waals surface area contributed by atoms with Gasteiger partial charge < -0.3 is 4.74 Å². The fourth-order valence-corrected chi connectivity index (χ4v) is 2.88. The predicted molar refractivity (Wildman–Crippen MR) is 90.3 cm³/mol. The van der Waals surface area contributed by atoms with Gasteiger partial charge in [-0.25, -0.2) is 14.0 Å². The van der Waals surface area contributed by atoms with E-state index >= 15 is 0 Å². The lowest BCUT2D eigenvalue weighted by Crippen LogP contribution is -2.45. The molecule has 0 aromatic heterocycles. The van der Waals surface area contributed by atoms with Crippen molar-refractivity contribution in [3.05, 3.63) is 22.7 Å². The Labute approximate surface area is 156 Å². The van der Waals surface area contributed by atoms with Gasteiger partial charge in [0, 0.05) is 14.1 Å². The summed E-state index contributed by atoms with van der Waals surface area (Å²) in [7, 11) is -1.52. The van der Waals surface area contributed by atoms with E-state index in [2.05, 4.69) is 26.2 Å². The first-order valence-corrected chi connectivity index (χ1v) is 9.19. The summed E-state index contributed by atoms with van der Waals surface area (Å²) in [6.07, 6.45) is -4.34. The molecule has 1 aliphatic heterocycles. The van der Waals surface area contributed by atoms with Crippen molar-refractivity contribution in [1.29, 1.82) is 0 Å². The highest BCUT2D eigenvalue weighted by Gasteiger charge is 2.35. The van der Waals surface area contributed by atoms with Crippen LogP contribution in [0.5, 0.6) is 5.75 Å². The molecule has 10 nitrogen and oxygen atoms in total. The van der Waals surface area contributed by atoms with Crippen LogP contribution in [0.25, 0.3) is 0 Å². The van der Waals surface area contributed by atoms with Crippen LogP contribution in [0.3, 0.4) is 0 Å². The predicted octanol–water partition coefficient (Wildman–Crippen LogP) is 0.590. The third kappa shape index (κ3) is 4.84. The summed E-state index contributed by atoms with van der Waals surface area (Å²) in [4.78, 5) is 12.4. The van der Waals surface area contributed by atoms with Gasteiger partial charge in [-0.1, -0.05) is 11.6 Å². The molecule has 1 aromatic carbocycles. The second-order valence-electron chi connectivity index (χ2n) is 5.22. The lowest BCUT2D eigenvalue weighted by molar-refractivity contribution is -0.274. The molecule has 0 spiro atoms. The van der Waals surface area contributed by atoms with Crippen LogP contribution in [-0.4, -0.2) is 52.0 Å². The third-order valence-electron chi connectivity index (χ3n) is 3.28. The molecule has 1 amide bonds. The number of carbonyl (C=O) groups excluding carboxylic acids is 1. The number of alkyl halides is 3. The van der Waals surface area contributed by atoms with Crippen LogP contribution in [0.1, 0.15) is 10.4 Å². The molecular formula is C12H14ClF3N6O4S. The summed E-state index contributed by atoms with van der Waals surface area (Å²) in [5.41, 5.74) is 3.96. The Balaban J connectivity index is 2.50. The molecule has 0 fully saturated rings. The number of rotatable bonds is 4. The van der Waals surface area contributed by atoms with E-state index in [1.165, 1.54) is 12.1 Å². The molecule has 3 N–H and O–H groups in total. The number of nitrogens with zero attached hydrogens (tertiary/aromatic N) is 3. The molecule has 150 valence electrons. The fraction of sp³-hybridized carbons (Fsp3) is 0.333. The zero-order chi connectivity index (χ0) is 20.6. The number of hydrazone groups is 1. The molecule has 0 saturated carbocycles. The van der Waals surface area contributed by atoms with Gasteiger partial charge in [-0.05, 0) is 12.1 Å². The van der Waals surface area contributed by atoms with Crippen molar-refractivity contribution in [1.82, 2.24) is 21.4 Å². The quantitative estimate of drug-likeness (QED) is 0.640. The maximum absolute atomic E-state index is 12.6. The number of amides is 1. The molecule has 15 heteroatoms. The molecule has 0 radical (unpaired) electrons. The monoisotopic (exact) mass is 430 g/mol. The van der Waals surface area contributed by atoms with Gasteiger partial charge >= 0.3 is 6.36 Å². The first-order valence-electron chi connectivity index (χ1n) is 6.97. The van der Waals surface area contributed by atoms with Crippen LogP contribution in [0.2, 0.25) is 5.02 Å². The Hall–Kier alpha value is -2.45. The van der Waals surface area contributed by atoms with Crippen LogP contribution in [0, 0.1) is 0 Å². The number of hydrogen-bond donors (Lipinski definition) is 3. The Morgan fingerprint density at radius 2 is 2.04 bits per heavy atom. The van der Waals surface area contributed by atoms with Crippen molar-refractivity contribution in [3.8, 4) is 5.75 Å². The number of anilines is 1. The van der Waals surface area contributed by atoms with Crippen molar-refractivity contribution < 1.29 is 31.1 Å². The second kappa shape index (κ2) is 7.28. The molecule has 1 aromatic rings. The van der Waals surface area contributed by atoms with E-state index in [0.717, 1.165) is 25.4 Å². The highest BCUT2D eigenvalue weighted by atomic mass is 35.5. The van der Waals surface area contributed by atoms with Crippen LogP contribution in [-0.2, 0) is 10.0 Å². The lowest BCUT2D eigenvalue weighted by atomic mass is 10.1. The summed E-state index contributed by atoms with van der Waals surface area (Å²) in [5, 5.41) is 6.81. The first kappa shape index (κ1) is 20.9. The van der Waals surface area contributed by atoms with Gasteiger partial charge in [-0.15, -0.1) is 23.8 Å². The average molecular weight is 431 g/mol. The molecule has 0 saturated heterocycles. The third-order valence-corrected chi connectivity index (χ3v) is 4.84. The van der Waals surface area contributed by atoms with E-state index in [1.807, 2.05) is 0 Å². The second-order valence-corrected chi connectivity index (χ2v) is 7.62.